The fourth-order valence-corrected chi connectivity index (χ4v) is 5.48. The molecule has 172 valence electrons. The SMILES string of the molecule is CC(C)(C)[Si](C)(C)OC[C@@H]1N=C(c2ccccc2Sc2ccccc2)O[C@H]1c1ccccc1. The summed E-state index contributed by atoms with van der Waals surface area (Å²) in [7, 11) is -1.90. The highest BCUT2D eigenvalue weighted by Crippen LogP contribution is 2.39. The number of aliphatic imine (C=N–C) groups is 1. The van der Waals surface area contributed by atoms with E-state index in [1.807, 2.05) is 18.2 Å². The topological polar surface area (TPSA) is 30.8 Å². The van der Waals surface area contributed by atoms with Gasteiger partial charge in [0.25, 0.3) is 0 Å². The quantitative estimate of drug-likeness (QED) is 0.327. The van der Waals surface area contributed by atoms with E-state index in [9.17, 15) is 0 Å². The first-order chi connectivity index (χ1) is 15.7. The maximum atomic E-state index is 6.59. The third-order valence-corrected chi connectivity index (χ3v) is 12.1. The molecule has 3 aromatic rings. The molecule has 0 aliphatic carbocycles. The van der Waals surface area contributed by atoms with Crippen LogP contribution in [0.5, 0.6) is 0 Å². The van der Waals surface area contributed by atoms with Crippen LogP contribution in [0.1, 0.15) is 38.0 Å². The minimum absolute atomic E-state index is 0.0775. The van der Waals surface area contributed by atoms with Crippen LogP contribution in [-0.2, 0) is 9.16 Å². The molecule has 0 unspecified atom stereocenters. The van der Waals surface area contributed by atoms with E-state index in [4.69, 9.17) is 14.2 Å². The van der Waals surface area contributed by atoms with E-state index in [0.717, 1.165) is 16.0 Å². The van der Waals surface area contributed by atoms with Crippen LogP contribution in [0.4, 0.5) is 0 Å². The van der Waals surface area contributed by atoms with Gasteiger partial charge in [-0.1, -0.05) is 93.2 Å². The van der Waals surface area contributed by atoms with Crippen LogP contribution >= 0.6 is 11.8 Å². The van der Waals surface area contributed by atoms with E-state index in [0.29, 0.717) is 12.5 Å². The normalized spacial score (nSPS) is 18.6. The summed E-state index contributed by atoms with van der Waals surface area (Å²) in [4.78, 5) is 7.42. The Morgan fingerprint density at radius 1 is 0.879 bits per heavy atom. The predicted molar refractivity (Wildman–Crippen MR) is 141 cm³/mol. The Bertz CT molecular complexity index is 1090. The van der Waals surface area contributed by atoms with E-state index >= 15 is 0 Å². The molecule has 3 aromatic carbocycles. The molecular weight excluding hydrogens is 442 g/mol. The first kappa shape index (κ1) is 23.8. The van der Waals surface area contributed by atoms with Crippen molar-refractivity contribution in [1.29, 1.82) is 0 Å². The molecule has 0 aromatic heterocycles. The van der Waals surface area contributed by atoms with Gasteiger partial charge in [0.15, 0.2) is 14.4 Å². The second-order valence-electron chi connectivity index (χ2n) is 9.93. The van der Waals surface area contributed by atoms with Crippen LogP contribution < -0.4 is 0 Å². The van der Waals surface area contributed by atoms with Crippen molar-refractivity contribution in [2.45, 2.75) is 60.8 Å². The third-order valence-electron chi connectivity index (χ3n) is 6.51. The predicted octanol–water partition coefficient (Wildman–Crippen LogP) is 7.75. The number of rotatable bonds is 7. The zero-order valence-electron chi connectivity index (χ0n) is 20.1. The van der Waals surface area contributed by atoms with Crippen LogP contribution in [0.15, 0.2) is 99.7 Å². The van der Waals surface area contributed by atoms with E-state index < -0.39 is 8.32 Å². The van der Waals surface area contributed by atoms with E-state index in [1.165, 1.54) is 4.90 Å². The molecule has 0 fully saturated rings. The molecule has 0 saturated carbocycles. The summed E-state index contributed by atoms with van der Waals surface area (Å²) in [5.74, 6) is 0.701. The first-order valence-electron chi connectivity index (χ1n) is 11.5. The second-order valence-corrected chi connectivity index (χ2v) is 15.9. The van der Waals surface area contributed by atoms with Crippen molar-refractivity contribution in [3.05, 3.63) is 96.1 Å². The fraction of sp³-hybridized carbons (Fsp3) is 0.321. The number of nitrogens with zero attached hydrogens (tertiary/aromatic N) is 1. The molecule has 33 heavy (non-hydrogen) atoms. The van der Waals surface area contributed by atoms with Crippen LogP contribution in [0, 0.1) is 0 Å². The van der Waals surface area contributed by atoms with Crippen molar-refractivity contribution in [1.82, 2.24) is 0 Å². The molecule has 0 bridgehead atoms. The lowest BCUT2D eigenvalue weighted by Crippen LogP contribution is -2.42. The minimum atomic E-state index is -1.90. The molecule has 0 saturated heterocycles. The molecule has 2 atom stereocenters. The Morgan fingerprint density at radius 3 is 2.15 bits per heavy atom. The zero-order valence-corrected chi connectivity index (χ0v) is 21.9. The van der Waals surface area contributed by atoms with Crippen molar-refractivity contribution >= 4 is 26.0 Å². The molecule has 0 spiro atoms. The van der Waals surface area contributed by atoms with Gasteiger partial charge in [0, 0.05) is 9.79 Å². The summed E-state index contributed by atoms with van der Waals surface area (Å²) in [6.07, 6.45) is -0.152. The highest BCUT2D eigenvalue weighted by molar-refractivity contribution is 7.99. The average molecular weight is 476 g/mol. The largest absolute Gasteiger partial charge is 0.467 e. The highest BCUT2D eigenvalue weighted by Gasteiger charge is 2.40. The fourth-order valence-electron chi connectivity index (χ4n) is 3.50. The molecule has 1 aliphatic heterocycles. The highest BCUT2D eigenvalue weighted by atomic mass is 32.2. The number of ether oxygens (including phenoxy) is 1. The van der Waals surface area contributed by atoms with Gasteiger partial charge in [0.05, 0.1) is 12.2 Å². The smallest absolute Gasteiger partial charge is 0.218 e. The summed E-state index contributed by atoms with van der Waals surface area (Å²) in [5, 5.41) is 0.153. The number of hydrogen-bond acceptors (Lipinski definition) is 4. The van der Waals surface area contributed by atoms with Gasteiger partial charge >= 0.3 is 0 Å². The minimum Gasteiger partial charge on any atom is -0.467 e. The number of hydrogen-bond donors (Lipinski definition) is 0. The molecule has 3 nitrogen and oxygen atoms in total. The molecule has 1 heterocycles. The van der Waals surface area contributed by atoms with E-state index in [1.54, 1.807) is 11.8 Å². The Hall–Kier alpha value is -2.34. The summed E-state index contributed by atoms with van der Waals surface area (Å²) >= 11 is 1.74. The van der Waals surface area contributed by atoms with E-state index in [2.05, 4.69) is 101 Å². The number of benzene rings is 3. The first-order valence-corrected chi connectivity index (χ1v) is 15.2. The van der Waals surface area contributed by atoms with Crippen molar-refractivity contribution in [2.75, 3.05) is 6.61 Å². The van der Waals surface area contributed by atoms with Gasteiger partial charge in [-0.3, -0.25) is 0 Å². The van der Waals surface area contributed by atoms with Crippen molar-refractivity contribution in [3.63, 3.8) is 0 Å². The van der Waals surface area contributed by atoms with Gasteiger partial charge in [-0.25, -0.2) is 4.99 Å². The van der Waals surface area contributed by atoms with Crippen LogP contribution in [0.2, 0.25) is 18.1 Å². The summed E-state index contributed by atoms with van der Waals surface area (Å²) in [6.45, 7) is 11.9. The summed E-state index contributed by atoms with van der Waals surface area (Å²) in [6, 6.07) is 29.1. The second kappa shape index (κ2) is 9.88. The maximum absolute atomic E-state index is 6.59. The lowest BCUT2D eigenvalue weighted by molar-refractivity contribution is 0.154. The Morgan fingerprint density at radius 2 is 1.48 bits per heavy atom. The average Bonchev–Trinajstić information content (AvgIpc) is 3.23. The van der Waals surface area contributed by atoms with Crippen LogP contribution in [0.25, 0.3) is 0 Å². The van der Waals surface area contributed by atoms with Crippen LogP contribution in [0.3, 0.4) is 0 Å². The van der Waals surface area contributed by atoms with Crippen molar-refractivity contribution in [2.24, 2.45) is 4.99 Å². The van der Waals surface area contributed by atoms with Crippen molar-refractivity contribution < 1.29 is 9.16 Å². The van der Waals surface area contributed by atoms with Gasteiger partial charge in [-0.05, 0) is 48.0 Å². The lowest BCUT2D eigenvalue weighted by Gasteiger charge is -2.37. The summed E-state index contributed by atoms with van der Waals surface area (Å²) < 4.78 is 13.1. The Kier molecular flexibility index (Phi) is 7.12. The zero-order chi connectivity index (χ0) is 23.5. The van der Waals surface area contributed by atoms with Gasteiger partial charge in [0.1, 0.15) is 6.04 Å². The standard InChI is InChI=1S/C28H33NO2SSi/c1-28(2,3)33(4,5)30-20-24-26(21-14-8-6-9-15-21)31-27(29-24)23-18-12-13-19-25(23)32-22-16-10-7-11-17-22/h6-19,24,26H,20H2,1-5H3/t24-,26-/m0/s1. The van der Waals surface area contributed by atoms with Gasteiger partial charge < -0.3 is 9.16 Å². The van der Waals surface area contributed by atoms with Gasteiger partial charge in [-0.15, -0.1) is 0 Å². The van der Waals surface area contributed by atoms with Gasteiger partial charge in [0.2, 0.25) is 5.90 Å². The molecule has 5 heteroatoms. The lowest BCUT2D eigenvalue weighted by atomic mass is 10.0. The summed E-state index contributed by atoms with van der Waals surface area (Å²) in [5.41, 5.74) is 2.16. The molecule has 0 radical (unpaired) electrons. The molecule has 0 N–H and O–H groups in total. The van der Waals surface area contributed by atoms with Crippen LogP contribution in [-0.4, -0.2) is 26.9 Å². The third kappa shape index (κ3) is 5.60. The van der Waals surface area contributed by atoms with E-state index in [-0.39, 0.29) is 17.2 Å². The Labute approximate surface area is 203 Å². The molecule has 1 aliphatic rings. The Balaban J connectivity index is 1.63. The monoisotopic (exact) mass is 475 g/mol. The molecular formula is C28H33NO2SSi. The maximum Gasteiger partial charge on any atom is 0.218 e. The molecule has 4 rings (SSSR count). The van der Waals surface area contributed by atoms with Gasteiger partial charge in [-0.2, -0.15) is 0 Å². The van der Waals surface area contributed by atoms with Crippen molar-refractivity contribution in [3.8, 4) is 0 Å². The molecule has 0 amide bonds.